The Morgan fingerprint density at radius 1 is 1.06 bits per heavy atom. The molecule has 1 aliphatic heterocycles. The minimum absolute atomic E-state index is 0.0230. The minimum atomic E-state index is -0.841. The van der Waals surface area contributed by atoms with Crippen molar-refractivity contribution in [2.45, 2.75) is 26.8 Å². The van der Waals surface area contributed by atoms with Gasteiger partial charge in [0.05, 0.1) is 28.9 Å². The van der Waals surface area contributed by atoms with Crippen molar-refractivity contribution in [3.8, 4) is 5.75 Å². The summed E-state index contributed by atoms with van der Waals surface area (Å²) in [6, 6.07) is 15.8. The quantitative estimate of drug-likeness (QED) is 0.172. The van der Waals surface area contributed by atoms with E-state index in [2.05, 4.69) is 15.9 Å². The normalized spacial score (nSPS) is 17.2. The Balaban J connectivity index is 1.74. The summed E-state index contributed by atoms with van der Waals surface area (Å²) >= 11 is 4.85. The first kappa shape index (κ1) is 24.2. The van der Waals surface area contributed by atoms with Crippen molar-refractivity contribution in [2.75, 3.05) is 12.0 Å². The Labute approximate surface area is 221 Å². The predicted octanol–water partition coefficient (Wildman–Crippen LogP) is 6.62. The Bertz CT molecular complexity index is 1590. The van der Waals surface area contributed by atoms with E-state index >= 15 is 0 Å². The molecular weight excluding hydrogens is 540 g/mol. The first-order valence-corrected chi connectivity index (χ1v) is 12.9. The fourth-order valence-corrected chi connectivity index (χ4v) is 6.25. The summed E-state index contributed by atoms with van der Waals surface area (Å²) < 4.78 is 7.06. The molecule has 1 atom stereocenters. The van der Waals surface area contributed by atoms with Crippen molar-refractivity contribution >= 4 is 60.1 Å². The summed E-state index contributed by atoms with van der Waals surface area (Å²) in [4.78, 5) is 33.1. The van der Waals surface area contributed by atoms with Gasteiger partial charge in [-0.1, -0.05) is 45.5 Å². The van der Waals surface area contributed by atoms with Crippen LogP contribution in [-0.4, -0.2) is 28.9 Å². The second-order valence-electron chi connectivity index (χ2n) is 8.83. The van der Waals surface area contributed by atoms with Crippen molar-refractivity contribution in [1.82, 2.24) is 4.98 Å². The molecule has 2 heterocycles. The number of hydrogen-bond acceptors (Lipinski definition) is 6. The molecule has 5 rings (SSSR count). The van der Waals surface area contributed by atoms with Crippen molar-refractivity contribution in [3.63, 3.8) is 0 Å². The van der Waals surface area contributed by atoms with E-state index in [0.717, 1.165) is 31.4 Å². The standard InChI is InChI=1S/C28H23BrN2O4S/c1-14-10-16(3)23-21(11-14)36-28(30-23)31-24(17-6-5-7-19(29)13-17)22(26(33)27(31)34)25(32)18-8-9-20(35-4)15(2)12-18/h5-13,24,32H,1-4H3/b25-22+. The highest BCUT2D eigenvalue weighted by molar-refractivity contribution is 9.10. The summed E-state index contributed by atoms with van der Waals surface area (Å²) in [5.41, 5.74) is 4.82. The van der Waals surface area contributed by atoms with Crippen LogP contribution in [0, 0.1) is 20.8 Å². The van der Waals surface area contributed by atoms with E-state index in [-0.39, 0.29) is 11.3 Å². The molecule has 3 aromatic carbocycles. The zero-order chi connectivity index (χ0) is 25.7. The molecule has 0 spiro atoms. The van der Waals surface area contributed by atoms with Gasteiger partial charge in [0.1, 0.15) is 11.5 Å². The van der Waals surface area contributed by atoms with Gasteiger partial charge in [-0.25, -0.2) is 4.98 Å². The van der Waals surface area contributed by atoms with Crippen molar-refractivity contribution in [2.24, 2.45) is 0 Å². The summed E-state index contributed by atoms with van der Waals surface area (Å²) in [7, 11) is 1.57. The van der Waals surface area contributed by atoms with E-state index in [1.807, 2.05) is 57.2 Å². The monoisotopic (exact) mass is 562 g/mol. The number of ketones is 1. The molecule has 1 amide bonds. The van der Waals surface area contributed by atoms with E-state index < -0.39 is 17.7 Å². The predicted molar refractivity (Wildman–Crippen MR) is 146 cm³/mol. The van der Waals surface area contributed by atoms with Crippen LogP contribution >= 0.6 is 27.3 Å². The van der Waals surface area contributed by atoms with Gasteiger partial charge < -0.3 is 9.84 Å². The van der Waals surface area contributed by atoms with Gasteiger partial charge in [0, 0.05) is 10.0 Å². The Morgan fingerprint density at radius 2 is 1.83 bits per heavy atom. The SMILES string of the molecule is COc1ccc(/C(O)=C2\C(=O)C(=O)N(c3nc4c(C)cc(C)cc4s3)C2c2cccc(Br)c2)cc1C. The molecule has 0 radical (unpaired) electrons. The molecule has 1 saturated heterocycles. The van der Waals surface area contributed by atoms with E-state index in [4.69, 9.17) is 9.72 Å². The number of ether oxygens (including phenoxy) is 1. The molecule has 182 valence electrons. The lowest BCUT2D eigenvalue weighted by atomic mass is 9.95. The number of aryl methyl sites for hydroxylation is 3. The second kappa shape index (κ2) is 9.19. The van der Waals surface area contributed by atoms with Gasteiger partial charge >= 0.3 is 5.91 Å². The maximum Gasteiger partial charge on any atom is 0.301 e. The fraction of sp³-hybridized carbons (Fsp3) is 0.179. The second-order valence-corrected chi connectivity index (χ2v) is 10.8. The van der Waals surface area contributed by atoms with E-state index in [9.17, 15) is 14.7 Å². The van der Waals surface area contributed by atoms with E-state index in [1.54, 1.807) is 25.3 Å². The number of thiazole rings is 1. The van der Waals surface area contributed by atoms with Crippen LogP contribution in [0.2, 0.25) is 0 Å². The van der Waals surface area contributed by atoms with Gasteiger partial charge in [0.2, 0.25) is 0 Å². The van der Waals surface area contributed by atoms with Crippen LogP contribution in [0.1, 0.15) is 33.9 Å². The molecule has 0 bridgehead atoms. The molecular formula is C28H23BrN2O4S. The van der Waals surface area contributed by atoms with Gasteiger partial charge in [-0.05, 0) is 79.4 Å². The Kier molecular flexibility index (Phi) is 6.18. The van der Waals surface area contributed by atoms with Gasteiger partial charge in [0.15, 0.2) is 5.13 Å². The average Bonchev–Trinajstić information content (AvgIpc) is 3.37. The number of fused-ring (bicyclic) bond motifs is 1. The molecule has 0 saturated carbocycles. The molecule has 1 aromatic heterocycles. The highest BCUT2D eigenvalue weighted by Crippen LogP contribution is 2.45. The number of amides is 1. The van der Waals surface area contributed by atoms with E-state index in [0.29, 0.717) is 22.0 Å². The van der Waals surface area contributed by atoms with Gasteiger partial charge in [-0.3, -0.25) is 14.5 Å². The first-order valence-electron chi connectivity index (χ1n) is 11.3. The van der Waals surface area contributed by atoms with Crippen LogP contribution in [0.3, 0.4) is 0 Å². The molecule has 1 unspecified atom stereocenters. The lowest BCUT2D eigenvalue weighted by Crippen LogP contribution is -2.29. The summed E-state index contributed by atoms with van der Waals surface area (Å²) in [5.74, 6) is -1.05. The number of aliphatic hydroxyl groups is 1. The first-order chi connectivity index (χ1) is 17.2. The number of halogens is 1. The van der Waals surface area contributed by atoms with Gasteiger partial charge in [0.25, 0.3) is 5.78 Å². The summed E-state index contributed by atoms with van der Waals surface area (Å²) in [6.45, 7) is 5.84. The number of carbonyl (C=O) groups is 2. The number of hydrogen-bond donors (Lipinski definition) is 1. The maximum absolute atomic E-state index is 13.5. The Hall–Kier alpha value is -3.49. The van der Waals surface area contributed by atoms with Gasteiger partial charge in [-0.2, -0.15) is 0 Å². The third kappa shape index (κ3) is 4.00. The van der Waals surface area contributed by atoms with Crippen LogP contribution in [0.15, 0.2) is 64.6 Å². The zero-order valence-electron chi connectivity index (χ0n) is 20.1. The highest BCUT2D eigenvalue weighted by Gasteiger charge is 2.48. The maximum atomic E-state index is 13.5. The third-order valence-electron chi connectivity index (χ3n) is 6.30. The molecule has 4 aromatic rings. The van der Waals surface area contributed by atoms with E-state index in [1.165, 1.54) is 16.2 Å². The molecule has 1 fully saturated rings. The number of aliphatic hydroxyl groups excluding tert-OH is 1. The molecule has 6 nitrogen and oxygen atoms in total. The third-order valence-corrected chi connectivity index (χ3v) is 7.80. The van der Waals surface area contributed by atoms with Gasteiger partial charge in [-0.15, -0.1) is 0 Å². The summed E-state index contributed by atoms with van der Waals surface area (Å²) in [6.07, 6.45) is 0. The number of benzene rings is 3. The Morgan fingerprint density at radius 3 is 2.53 bits per heavy atom. The molecule has 8 heteroatoms. The number of rotatable bonds is 4. The largest absolute Gasteiger partial charge is 0.507 e. The molecule has 1 N–H and O–H groups in total. The topological polar surface area (TPSA) is 79.7 Å². The van der Waals surface area contributed by atoms with Crippen molar-refractivity contribution in [1.29, 1.82) is 0 Å². The molecule has 1 aliphatic rings. The summed E-state index contributed by atoms with van der Waals surface area (Å²) in [5, 5.41) is 11.8. The van der Waals surface area contributed by atoms with Crippen LogP contribution in [0.4, 0.5) is 5.13 Å². The fourth-order valence-electron chi connectivity index (χ4n) is 4.67. The average molecular weight is 563 g/mol. The smallest absolute Gasteiger partial charge is 0.301 e. The molecule has 0 aliphatic carbocycles. The highest BCUT2D eigenvalue weighted by atomic mass is 79.9. The molecule has 36 heavy (non-hydrogen) atoms. The van der Waals surface area contributed by atoms with Crippen LogP contribution in [0.25, 0.3) is 16.0 Å². The number of nitrogens with zero attached hydrogens (tertiary/aromatic N) is 2. The van der Waals surface area contributed by atoms with Crippen molar-refractivity contribution in [3.05, 3.63) is 92.5 Å². The van der Waals surface area contributed by atoms with Crippen LogP contribution < -0.4 is 9.64 Å². The van der Waals surface area contributed by atoms with Crippen LogP contribution in [-0.2, 0) is 9.59 Å². The lowest BCUT2D eigenvalue weighted by molar-refractivity contribution is -0.132. The van der Waals surface area contributed by atoms with Crippen LogP contribution in [0.5, 0.6) is 5.75 Å². The number of anilines is 1. The zero-order valence-corrected chi connectivity index (χ0v) is 22.5. The number of Topliss-reactive ketones (excluding diaryl/α,β-unsaturated/α-hetero) is 1. The minimum Gasteiger partial charge on any atom is -0.507 e. The van der Waals surface area contributed by atoms with Crippen molar-refractivity contribution < 1.29 is 19.4 Å². The number of carbonyl (C=O) groups excluding carboxylic acids is 2. The number of methoxy groups -OCH3 is 1. The lowest BCUT2D eigenvalue weighted by Gasteiger charge is -2.23. The number of aromatic nitrogens is 1.